The topological polar surface area (TPSA) is 42.2 Å². The molecule has 1 aliphatic heterocycles. The van der Waals surface area contributed by atoms with Gasteiger partial charge < -0.3 is 4.52 Å². The summed E-state index contributed by atoms with van der Waals surface area (Å²) < 4.78 is 43.9. The summed E-state index contributed by atoms with van der Waals surface area (Å²) in [7, 11) is 0. The number of piperidine rings is 1. The molecule has 2 aromatic rings. The van der Waals surface area contributed by atoms with Gasteiger partial charge in [-0.3, -0.25) is 4.90 Å². The third-order valence-corrected chi connectivity index (χ3v) is 4.87. The fraction of sp³-hybridized carbons (Fsp3) is 0.571. The number of thiophene rings is 1. The summed E-state index contributed by atoms with van der Waals surface area (Å²) in [5.41, 5.74) is 0. The average Bonchev–Trinajstić information content (AvgIpc) is 3.16. The van der Waals surface area contributed by atoms with E-state index in [1.165, 1.54) is 11.3 Å². The second kappa shape index (κ2) is 6.00. The molecule has 0 radical (unpaired) electrons. The van der Waals surface area contributed by atoms with Gasteiger partial charge >= 0.3 is 6.18 Å². The van der Waals surface area contributed by atoms with E-state index in [9.17, 15) is 13.2 Å². The Bertz CT molecular complexity index is 611. The first-order chi connectivity index (χ1) is 10.4. The summed E-state index contributed by atoms with van der Waals surface area (Å²) in [6.07, 6.45) is -3.42. The largest absolute Gasteiger partial charge is 0.393 e. The van der Waals surface area contributed by atoms with Crippen molar-refractivity contribution in [1.29, 1.82) is 0 Å². The van der Waals surface area contributed by atoms with Crippen molar-refractivity contribution >= 4 is 11.3 Å². The van der Waals surface area contributed by atoms with Crippen molar-refractivity contribution < 1.29 is 17.7 Å². The van der Waals surface area contributed by atoms with E-state index in [1.807, 2.05) is 24.4 Å². The molecule has 0 aliphatic carbocycles. The molecule has 4 nitrogen and oxygen atoms in total. The van der Waals surface area contributed by atoms with Crippen molar-refractivity contribution in [3.63, 3.8) is 0 Å². The Balaban J connectivity index is 1.72. The van der Waals surface area contributed by atoms with Gasteiger partial charge in [0.25, 0.3) is 0 Å². The predicted octanol–water partition coefficient (Wildman–Crippen LogP) is 4.13. The van der Waals surface area contributed by atoms with Gasteiger partial charge in [0, 0.05) is 6.54 Å². The van der Waals surface area contributed by atoms with Crippen LogP contribution in [-0.2, 0) is 0 Å². The second-order valence-electron chi connectivity index (χ2n) is 5.49. The van der Waals surface area contributed by atoms with Crippen molar-refractivity contribution in [2.75, 3.05) is 13.1 Å². The number of alkyl halides is 3. The van der Waals surface area contributed by atoms with Gasteiger partial charge in [-0.15, -0.1) is 11.3 Å². The van der Waals surface area contributed by atoms with Crippen LogP contribution in [0, 0.1) is 5.92 Å². The highest BCUT2D eigenvalue weighted by molar-refractivity contribution is 7.13. The van der Waals surface area contributed by atoms with E-state index in [0.29, 0.717) is 24.7 Å². The summed E-state index contributed by atoms with van der Waals surface area (Å²) in [5.74, 6) is -0.421. The van der Waals surface area contributed by atoms with Crippen molar-refractivity contribution in [1.82, 2.24) is 15.0 Å². The summed E-state index contributed by atoms with van der Waals surface area (Å²) >= 11 is 1.49. The lowest BCUT2D eigenvalue weighted by Gasteiger charge is -2.36. The highest BCUT2D eigenvalue weighted by Crippen LogP contribution is 2.36. The van der Waals surface area contributed by atoms with Crippen LogP contribution >= 0.6 is 11.3 Å². The van der Waals surface area contributed by atoms with Crippen LogP contribution in [0.4, 0.5) is 13.2 Å². The van der Waals surface area contributed by atoms with E-state index in [2.05, 4.69) is 10.1 Å². The van der Waals surface area contributed by atoms with Gasteiger partial charge in [-0.1, -0.05) is 11.2 Å². The summed E-state index contributed by atoms with van der Waals surface area (Å²) in [4.78, 5) is 6.98. The van der Waals surface area contributed by atoms with Crippen molar-refractivity contribution in [3.05, 3.63) is 23.4 Å². The molecule has 0 N–H and O–H groups in total. The Labute approximate surface area is 129 Å². The second-order valence-corrected chi connectivity index (χ2v) is 6.43. The van der Waals surface area contributed by atoms with Crippen LogP contribution in [0.1, 0.15) is 31.7 Å². The average molecular weight is 331 g/mol. The molecule has 2 atom stereocenters. The zero-order valence-corrected chi connectivity index (χ0v) is 12.8. The first kappa shape index (κ1) is 15.5. The van der Waals surface area contributed by atoms with E-state index >= 15 is 0 Å². The molecule has 0 bridgehead atoms. The number of nitrogens with zero attached hydrogens (tertiary/aromatic N) is 3. The molecule has 0 spiro atoms. The van der Waals surface area contributed by atoms with Crippen LogP contribution in [0.5, 0.6) is 0 Å². The molecule has 0 saturated carbocycles. The minimum Gasteiger partial charge on any atom is -0.337 e. The Hall–Kier alpha value is -1.41. The van der Waals surface area contributed by atoms with Crippen molar-refractivity contribution in [2.24, 2.45) is 5.92 Å². The number of halogens is 3. The molecular formula is C14H16F3N3OS. The van der Waals surface area contributed by atoms with Gasteiger partial charge in [0.15, 0.2) is 0 Å². The van der Waals surface area contributed by atoms with Crippen LogP contribution < -0.4 is 0 Å². The maximum Gasteiger partial charge on any atom is 0.393 e. The molecule has 22 heavy (non-hydrogen) atoms. The molecule has 0 unspecified atom stereocenters. The molecule has 3 heterocycles. The summed E-state index contributed by atoms with van der Waals surface area (Å²) in [6.45, 7) is 2.41. The number of hydrogen-bond donors (Lipinski definition) is 0. The molecular weight excluding hydrogens is 315 g/mol. The van der Waals surface area contributed by atoms with Crippen LogP contribution in [0.2, 0.25) is 0 Å². The van der Waals surface area contributed by atoms with Crippen LogP contribution in [-0.4, -0.2) is 34.3 Å². The maximum absolute atomic E-state index is 12.9. The SMILES string of the molecule is C[C@H](c1nc(-c2cccs2)no1)N1CCC[C@@H](C(F)(F)F)C1. The molecule has 1 aliphatic rings. The zero-order valence-electron chi connectivity index (χ0n) is 12.0. The number of likely N-dealkylation sites (tertiary alicyclic amines) is 1. The Morgan fingerprint density at radius 3 is 2.95 bits per heavy atom. The lowest BCUT2D eigenvalue weighted by atomic mass is 9.96. The third kappa shape index (κ3) is 3.17. The number of hydrogen-bond acceptors (Lipinski definition) is 5. The van der Waals surface area contributed by atoms with E-state index in [-0.39, 0.29) is 19.0 Å². The van der Waals surface area contributed by atoms with Crippen LogP contribution in [0.15, 0.2) is 22.0 Å². The zero-order chi connectivity index (χ0) is 15.7. The van der Waals surface area contributed by atoms with E-state index in [0.717, 1.165) is 4.88 Å². The highest BCUT2D eigenvalue weighted by Gasteiger charge is 2.43. The van der Waals surface area contributed by atoms with Crippen LogP contribution in [0.3, 0.4) is 0 Å². The molecule has 2 aromatic heterocycles. The van der Waals surface area contributed by atoms with Crippen molar-refractivity contribution in [2.45, 2.75) is 32.0 Å². The third-order valence-electron chi connectivity index (χ3n) is 4.00. The fourth-order valence-corrected chi connectivity index (χ4v) is 3.34. The van der Waals surface area contributed by atoms with Gasteiger partial charge in [-0.25, -0.2) is 0 Å². The molecule has 8 heteroatoms. The fourth-order valence-electron chi connectivity index (χ4n) is 2.69. The smallest absolute Gasteiger partial charge is 0.337 e. The minimum atomic E-state index is -4.14. The van der Waals surface area contributed by atoms with Crippen molar-refractivity contribution in [3.8, 4) is 10.7 Å². The molecule has 3 rings (SSSR count). The maximum atomic E-state index is 12.9. The Morgan fingerprint density at radius 2 is 2.27 bits per heavy atom. The molecule has 0 aromatic carbocycles. The van der Waals surface area contributed by atoms with E-state index < -0.39 is 12.1 Å². The predicted molar refractivity (Wildman–Crippen MR) is 76.4 cm³/mol. The van der Waals surface area contributed by atoms with Crippen LogP contribution in [0.25, 0.3) is 10.7 Å². The molecule has 0 amide bonds. The van der Waals surface area contributed by atoms with Gasteiger partial charge in [0.2, 0.25) is 11.7 Å². The quantitative estimate of drug-likeness (QED) is 0.848. The van der Waals surface area contributed by atoms with Gasteiger partial charge in [0.1, 0.15) is 0 Å². The van der Waals surface area contributed by atoms with E-state index in [1.54, 1.807) is 4.90 Å². The standard InChI is InChI=1S/C14H16F3N3OS/c1-9(20-6-2-4-10(8-20)14(15,16)17)13-18-12(19-21-13)11-5-3-7-22-11/h3,5,7,9-10H,2,4,6,8H2,1H3/t9-,10-/m1/s1. The van der Waals surface area contributed by atoms with Gasteiger partial charge in [-0.05, 0) is 37.8 Å². The first-order valence-corrected chi connectivity index (χ1v) is 8.01. The molecule has 1 saturated heterocycles. The minimum absolute atomic E-state index is 0.0125. The lowest BCUT2D eigenvalue weighted by molar-refractivity contribution is -0.188. The Morgan fingerprint density at radius 1 is 1.45 bits per heavy atom. The van der Waals surface area contributed by atoms with Gasteiger partial charge in [0.05, 0.1) is 16.8 Å². The summed E-state index contributed by atoms with van der Waals surface area (Å²) in [5, 5.41) is 5.83. The van der Waals surface area contributed by atoms with Gasteiger partial charge in [-0.2, -0.15) is 18.2 Å². The highest BCUT2D eigenvalue weighted by atomic mass is 32.1. The number of rotatable bonds is 3. The molecule has 120 valence electrons. The monoisotopic (exact) mass is 331 g/mol. The summed E-state index contributed by atoms with van der Waals surface area (Å²) in [6, 6.07) is 3.45. The Kier molecular flexibility index (Phi) is 4.22. The molecule has 1 fully saturated rings. The lowest BCUT2D eigenvalue weighted by Crippen LogP contribution is -2.42. The van der Waals surface area contributed by atoms with E-state index in [4.69, 9.17) is 4.52 Å². The first-order valence-electron chi connectivity index (χ1n) is 7.13. The normalized spacial score (nSPS) is 21.9. The number of aromatic nitrogens is 2.